The van der Waals surface area contributed by atoms with Crippen LogP contribution in [0.4, 0.5) is 16.2 Å². The minimum Gasteiger partial charge on any atom is -0.329 e. The van der Waals surface area contributed by atoms with Crippen LogP contribution in [-0.4, -0.2) is 18.5 Å². The Kier molecular flexibility index (Phi) is 6.67. The van der Waals surface area contributed by atoms with Crippen molar-refractivity contribution in [2.45, 2.75) is 19.8 Å². The predicted molar refractivity (Wildman–Crippen MR) is 103 cm³/mol. The molecule has 0 aliphatic rings. The number of anilines is 2. The van der Waals surface area contributed by atoms with Crippen LogP contribution >= 0.6 is 23.2 Å². The molecule has 3 amide bonds. The van der Waals surface area contributed by atoms with Gasteiger partial charge in [0.2, 0.25) is 5.91 Å². The highest BCUT2D eigenvalue weighted by molar-refractivity contribution is 6.35. The summed E-state index contributed by atoms with van der Waals surface area (Å²) in [6.07, 6.45) is 0. The molecule has 132 valence electrons. The Balaban J connectivity index is 1.86. The van der Waals surface area contributed by atoms with Crippen molar-refractivity contribution in [2.75, 3.05) is 17.2 Å². The quantitative estimate of drug-likeness (QED) is 0.692. The van der Waals surface area contributed by atoms with Gasteiger partial charge in [-0.2, -0.15) is 0 Å². The van der Waals surface area contributed by atoms with E-state index in [1.54, 1.807) is 24.3 Å². The number of nitrogens with one attached hydrogen (secondary N) is 3. The molecule has 5 nitrogen and oxygen atoms in total. The van der Waals surface area contributed by atoms with E-state index in [1.807, 2.05) is 18.2 Å². The zero-order valence-electron chi connectivity index (χ0n) is 13.9. The van der Waals surface area contributed by atoms with Gasteiger partial charge in [0.15, 0.2) is 0 Å². The van der Waals surface area contributed by atoms with Crippen molar-refractivity contribution >= 4 is 46.5 Å². The van der Waals surface area contributed by atoms with Crippen LogP contribution in [0.2, 0.25) is 10.0 Å². The van der Waals surface area contributed by atoms with Gasteiger partial charge in [0.05, 0.1) is 17.3 Å². The second-order valence-electron chi connectivity index (χ2n) is 5.76. The van der Waals surface area contributed by atoms with E-state index in [0.29, 0.717) is 27.3 Å². The highest BCUT2D eigenvalue weighted by Gasteiger charge is 2.09. The molecule has 0 bridgehead atoms. The van der Waals surface area contributed by atoms with Crippen molar-refractivity contribution in [1.82, 2.24) is 5.32 Å². The van der Waals surface area contributed by atoms with Crippen LogP contribution in [0.25, 0.3) is 0 Å². The highest BCUT2D eigenvalue weighted by Crippen LogP contribution is 2.25. The maximum Gasteiger partial charge on any atom is 0.319 e. The molecule has 0 aromatic heterocycles. The predicted octanol–water partition coefficient (Wildman–Crippen LogP) is 4.88. The van der Waals surface area contributed by atoms with Crippen LogP contribution < -0.4 is 16.0 Å². The maximum absolute atomic E-state index is 11.9. The number of carbonyl (C=O) groups excluding carboxylic acids is 2. The van der Waals surface area contributed by atoms with Gasteiger partial charge in [-0.25, -0.2) is 4.79 Å². The van der Waals surface area contributed by atoms with Gasteiger partial charge in [-0.1, -0.05) is 49.2 Å². The van der Waals surface area contributed by atoms with Gasteiger partial charge in [0.25, 0.3) is 0 Å². The van der Waals surface area contributed by atoms with E-state index < -0.39 is 11.9 Å². The molecule has 2 aromatic carbocycles. The lowest BCUT2D eigenvalue weighted by molar-refractivity contribution is -0.115. The van der Waals surface area contributed by atoms with Crippen molar-refractivity contribution < 1.29 is 9.59 Å². The summed E-state index contributed by atoms with van der Waals surface area (Å²) in [5.74, 6) is -0.0479. The van der Waals surface area contributed by atoms with Crippen LogP contribution in [0.1, 0.15) is 25.3 Å². The van der Waals surface area contributed by atoms with E-state index in [1.165, 1.54) is 0 Å². The molecule has 0 fully saturated rings. The Morgan fingerprint density at radius 1 is 1.04 bits per heavy atom. The summed E-state index contributed by atoms with van der Waals surface area (Å²) >= 11 is 11.8. The Morgan fingerprint density at radius 3 is 2.52 bits per heavy atom. The molecule has 0 spiro atoms. The molecule has 0 saturated heterocycles. The van der Waals surface area contributed by atoms with E-state index in [4.69, 9.17) is 23.2 Å². The fraction of sp³-hybridized carbons (Fsp3) is 0.222. The minimum atomic E-state index is -0.465. The third-order valence-electron chi connectivity index (χ3n) is 3.42. The lowest BCUT2D eigenvalue weighted by atomic mass is 10.0. The van der Waals surface area contributed by atoms with Gasteiger partial charge in [0.1, 0.15) is 0 Å². The standard InChI is InChI=1S/C18H19Cl2N3O2/c1-11(2)12-4-3-5-14(8-12)22-18(25)21-10-17(24)23-16-9-13(19)6-7-15(16)20/h3-9,11H,10H2,1-2H3,(H,23,24)(H2,21,22,25). The molecule has 3 N–H and O–H groups in total. The molecule has 0 aliphatic heterocycles. The van der Waals surface area contributed by atoms with Crippen LogP contribution in [-0.2, 0) is 4.79 Å². The molecule has 0 saturated carbocycles. The monoisotopic (exact) mass is 379 g/mol. The van der Waals surface area contributed by atoms with Gasteiger partial charge in [-0.3, -0.25) is 4.79 Å². The number of urea groups is 1. The summed E-state index contributed by atoms with van der Waals surface area (Å²) in [5.41, 5.74) is 2.18. The Hall–Kier alpha value is -2.24. The van der Waals surface area contributed by atoms with E-state index >= 15 is 0 Å². The average molecular weight is 380 g/mol. The second-order valence-corrected chi connectivity index (χ2v) is 6.60. The van der Waals surface area contributed by atoms with E-state index in [2.05, 4.69) is 29.8 Å². The summed E-state index contributed by atoms with van der Waals surface area (Å²) in [7, 11) is 0. The number of amides is 3. The van der Waals surface area contributed by atoms with Gasteiger partial charge >= 0.3 is 6.03 Å². The molecular formula is C18H19Cl2N3O2. The minimum absolute atomic E-state index is 0.196. The van der Waals surface area contributed by atoms with E-state index in [0.717, 1.165) is 5.56 Å². The van der Waals surface area contributed by atoms with Crippen LogP contribution in [0.15, 0.2) is 42.5 Å². The van der Waals surface area contributed by atoms with Gasteiger partial charge in [0, 0.05) is 10.7 Å². The largest absolute Gasteiger partial charge is 0.329 e. The zero-order valence-corrected chi connectivity index (χ0v) is 15.4. The Morgan fingerprint density at radius 2 is 1.80 bits per heavy atom. The van der Waals surface area contributed by atoms with Crippen molar-refractivity contribution in [3.63, 3.8) is 0 Å². The van der Waals surface area contributed by atoms with Crippen molar-refractivity contribution in [2.24, 2.45) is 0 Å². The topological polar surface area (TPSA) is 70.2 Å². The van der Waals surface area contributed by atoms with Crippen LogP contribution in [0, 0.1) is 0 Å². The summed E-state index contributed by atoms with van der Waals surface area (Å²) in [4.78, 5) is 23.8. The number of halogens is 2. The highest BCUT2D eigenvalue weighted by atomic mass is 35.5. The second kappa shape index (κ2) is 8.74. The molecule has 0 atom stereocenters. The fourth-order valence-corrected chi connectivity index (χ4v) is 2.44. The Bertz CT molecular complexity index is 779. The first-order chi connectivity index (χ1) is 11.8. The first-order valence-electron chi connectivity index (χ1n) is 7.75. The third kappa shape index (κ3) is 5.96. The fourth-order valence-electron chi connectivity index (χ4n) is 2.10. The number of benzene rings is 2. The van der Waals surface area contributed by atoms with Gasteiger partial charge < -0.3 is 16.0 Å². The SMILES string of the molecule is CC(C)c1cccc(NC(=O)NCC(=O)Nc2cc(Cl)ccc2Cl)c1. The number of hydrogen-bond acceptors (Lipinski definition) is 2. The smallest absolute Gasteiger partial charge is 0.319 e. The zero-order chi connectivity index (χ0) is 18.4. The van der Waals surface area contributed by atoms with Gasteiger partial charge in [-0.05, 0) is 41.8 Å². The van der Waals surface area contributed by atoms with Crippen LogP contribution in [0.5, 0.6) is 0 Å². The van der Waals surface area contributed by atoms with E-state index in [-0.39, 0.29) is 6.54 Å². The maximum atomic E-state index is 11.9. The third-order valence-corrected chi connectivity index (χ3v) is 3.99. The van der Waals surface area contributed by atoms with Crippen molar-refractivity contribution in [3.05, 3.63) is 58.1 Å². The average Bonchev–Trinajstić information content (AvgIpc) is 2.56. The first-order valence-corrected chi connectivity index (χ1v) is 8.50. The van der Waals surface area contributed by atoms with Crippen LogP contribution in [0.3, 0.4) is 0 Å². The molecule has 2 aromatic rings. The molecule has 25 heavy (non-hydrogen) atoms. The van der Waals surface area contributed by atoms with E-state index in [9.17, 15) is 9.59 Å². The van der Waals surface area contributed by atoms with Gasteiger partial charge in [-0.15, -0.1) is 0 Å². The molecule has 7 heteroatoms. The number of hydrogen-bond donors (Lipinski definition) is 3. The summed E-state index contributed by atoms with van der Waals surface area (Å²) < 4.78 is 0. The number of rotatable bonds is 5. The van der Waals surface area contributed by atoms with Crippen molar-refractivity contribution in [3.8, 4) is 0 Å². The summed E-state index contributed by atoms with van der Waals surface area (Å²) in [6, 6.07) is 11.8. The molecule has 0 radical (unpaired) electrons. The first kappa shape index (κ1) is 19.1. The van der Waals surface area contributed by atoms with Crippen molar-refractivity contribution in [1.29, 1.82) is 0 Å². The molecular weight excluding hydrogens is 361 g/mol. The summed E-state index contributed by atoms with van der Waals surface area (Å²) in [6.45, 7) is 3.95. The lowest BCUT2D eigenvalue weighted by Gasteiger charge is -2.11. The number of carbonyl (C=O) groups is 2. The summed E-state index contributed by atoms with van der Waals surface area (Å²) in [5, 5.41) is 8.61. The molecule has 0 unspecified atom stereocenters. The molecule has 0 aliphatic carbocycles. The normalized spacial score (nSPS) is 10.4. The molecule has 0 heterocycles. The Labute approximate surface area is 156 Å². The lowest BCUT2D eigenvalue weighted by Crippen LogP contribution is -2.35. The molecule has 2 rings (SSSR count).